The molecule has 0 spiro atoms. The van der Waals surface area contributed by atoms with Gasteiger partial charge in [-0.1, -0.05) is 73.3 Å². The van der Waals surface area contributed by atoms with Gasteiger partial charge in [0.25, 0.3) is 5.91 Å². The quantitative estimate of drug-likeness (QED) is 0.157. The maximum Gasteiger partial charge on any atom is 0.315 e. The molecule has 1 aromatic heterocycles. The van der Waals surface area contributed by atoms with Gasteiger partial charge in [-0.3, -0.25) is 19.2 Å². The summed E-state index contributed by atoms with van der Waals surface area (Å²) in [5, 5.41) is 11.1. The zero-order valence-corrected chi connectivity index (χ0v) is 31.1. The third-order valence-electron chi connectivity index (χ3n) is 10.6. The van der Waals surface area contributed by atoms with Gasteiger partial charge >= 0.3 is 6.03 Å². The Hall–Kier alpha value is -3.68. The number of nitrogens with one attached hydrogen (secondary N) is 4. The van der Waals surface area contributed by atoms with E-state index in [0.29, 0.717) is 31.6 Å². The van der Waals surface area contributed by atoms with Crippen LogP contribution in [0, 0.1) is 22.7 Å². The highest BCUT2D eigenvalue weighted by atomic mass is 32.2. The topological polar surface area (TPSA) is 184 Å². The molecule has 2 saturated carbocycles. The predicted molar refractivity (Wildman–Crippen MR) is 188 cm³/mol. The number of amides is 5. The molecule has 1 unspecified atom stereocenters. The highest BCUT2D eigenvalue weighted by Gasteiger charge is 2.70. The van der Waals surface area contributed by atoms with Gasteiger partial charge < -0.3 is 30.6 Å². The molecule has 1 saturated heterocycles. The lowest BCUT2D eigenvalue weighted by atomic mass is 9.83. The van der Waals surface area contributed by atoms with Crippen LogP contribution in [-0.4, -0.2) is 85.4 Å². The number of hydrogen-bond acceptors (Lipinski definition) is 8. The van der Waals surface area contributed by atoms with Crippen LogP contribution in [0.15, 0.2) is 35.5 Å². The Morgan fingerprint density at radius 2 is 1.78 bits per heavy atom. The van der Waals surface area contributed by atoms with Crippen molar-refractivity contribution in [3.05, 3.63) is 36.8 Å². The van der Waals surface area contributed by atoms with Crippen LogP contribution in [0.1, 0.15) is 92.2 Å². The predicted octanol–water partition coefficient (Wildman–Crippen LogP) is 3.25. The minimum Gasteiger partial charge on any atom is -0.468 e. The number of sulfone groups is 1. The number of piperidine rings is 1. The number of urea groups is 1. The molecule has 5 amide bonds. The molecule has 14 heteroatoms. The van der Waals surface area contributed by atoms with E-state index in [2.05, 4.69) is 27.8 Å². The van der Waals surface area contributed by atoms with E-state index in [1.807, 2.05) is 41.5 Å². The van der Waals surface area contributed by atoms with Crippen molar-refractivity contribution in [3.8, 4) is 0 Å². The Morgan fingerprint density at radius 3 is 2.36 bits per heavy atom. The Bertz CT molecular complexity index is 1540. The summed E-state index contributed by atoms with van der Waals surface area (Å²) in [4.78, 5) is 69.1. The van der Waals surface area contributed by atoms with Crippen LogP contribution in [0.5, 0.6) is 0 Å². The lowest BCUT2D eigenvalue weighted by Crippen LogP contribution is -2.64. The second-order valence-corrected chi connectivity index (χ2v) is 18.0. The van der Waals surface area contributed by atoms with E-state index in [0.717, 1.165) is 19.3 Å². The summed E-state index contributed by atoms with van der Waals surface area (Å²) in [6.45, 7) is 15.3. The molecule has 4 rings (SSSR count). The lowest BCUT2D eigenvalue weighted by molar-refractivity contribution is -0.145. The first-order chi connectivity index (χ1) is 23.4. The minimum absolute atomic E-state index is 0.0396. The maximum atomic E-state index is 14.4. The molecule has 0 bridgehead atoms. The van der Waals surface area contributed by atoms with E-state index < -0.39 is 68.5 Å². The smallest absolute Gasteiger partial charge is 0.315 e. The summed E-state index contributed by atoms with van der Waals surface area (Å²) in [5.41, 5.74) is -2.02. The van der Waals surface area contributed by atoms with Gasteiger partial charge in [0.05, 0.1) is 23.6 Å². The Labute approximate surface area is 296 Å². The van der Waals surface area contributed by atoms with Crippen LogP contribution < -0.4 is 21.3 Å². The number of likely N-dealkylation sites (tertiary alicyclic amines) is 1. The molecule has 278 valence electrons. The van der Waals surface area contributed by atoms with Crippen molar-refractivity contribution in [2.75, 3.05) is 18.8 Å². The van der Waals surface area contributed by atoms with Gasteiger partial charge in [0.15, 0.2) is 9.84 Å². The molecular weight excluding hydrogens is 662 g/mol. The van der Waals surface area contributed by atoms with Crippen LogP contribution in [0.4, 0.5) is 4.79 Å². The van der Waals surface area contributed by atoms with Crippen molar-refractivity contribution in [2.24, 2.45) is 22.7 Å². The van der Waals surface area contributed by atoms with Crippen LogP contribution >= 0.6 is 0 Å². The van der Waals surface area contributed by atoms with E-state index >= 15 is 0 Å². The standard InChI is InChI=1S/C36H55N5O8S/c1-8-14-25(28(42)31(44)37-18-9-2)38-30(43)27-26-24(35(26,6)7)20-41(27)32(45)29(34(3,4)5)39-33(46)40-36(16-11-10-12-17-36)22-50(47,48)21-23-15-13-19-49-23/h9,13,15,19,24-27,29H,2,8,10-12,14,16-18,20-22H2,1,3-7H3,(H,37,44)(H,38,43)(H2,39,40,46)/t24-,25?,26-,27-,29+/m0/s1. The normalized spacial score (nSPS) is 23.5. The third-order valence-corrected chi connectivity index (χ3v) is 12.3. The highest BCUT2D eigenvalue weighted by Crippen LogP contribution is 2.65. The fourth-order valence-corrected chi connectivity index (χ4v) is 9.78. The summed E-state index contributed by atoms with van der Waals surface area (Å²) in [6.07, 6.45) is 7.02. The second-order valence-electron chi connectivity index (χ2n) is 16.0. The van der Waals surface area contributed by atoms with Crippen LogP contribution in [0.2, 0.25) is 0 Å². The number of carbonyl (C=O) groups excluding carboxylic acids is 5. The monoisotopic (exact) mass is 717 g/mol. The van der Waals surface area contributed by atoms with Crippen molar-refractivity contribution in [3.63, 3.8) is 0 Å². The van der Waals surface area contributed by atoms with Crippen molar-refractivity contribution in [1.82, 2.24) is 26.2 Å². The van der Waals surface area contributed by atoms with Crippen LogP contribution in [-0.2, 0) is 34.8 Å². The molecule has 0 aromatic carbocycles. The van der Waals surface area contributed by atoms with Gasteiger partial charge in [-0.15, -0.1) is 6.58 Å². The number of fused-ring (bicyclic) bond motifs is 1. The maximum absolute atomic E-state index is 14.4. The first-order valence-corrected chi connectivity index (χ1v) is 19.5. The van der Waals surface area contributed by atoms with Crippen LogP contribution in [0.25, 0.3) is 0 Å². The summed E-state index contributed by atoms with van der Waals surface area (Å²) in [7, 11) is -3.66. The van der Waals surface area contributed by atoms with E-state index in [9.17, 15) is 32.4 Å². The lowest BCUT2D eigenvalue weighted by Gasteiger charge is -2.40. The zero-order chi connectivity index (χ0) is 37.1. The molecular formula is C36H55N5O8S. The largest absolute Gasteiger partial charge is 0.468 e. The highest BCUT2D eigenvalue weighted by molar-refractivity contribution is 7.90. The molecule has 1 aliphatic heterocycles. The van der Waals surface area contributed by atoms with Gasteiger partial charge in [-0.05, 0) is 54.1 Å². The number of rotatable bonds is 15. The zero-order valence-electron chi connectivity index (χ0n) is 30.3. The number of nitrogens with zero attached hydrogens (tertiary/aromatic N) is 1. The number of ketones is 1. The molecule has 0 radical (unpaired) electrons. The number of carbonyl (C=O) groups is 5. The fraction of sp³-hybridized carbons (Fsp3) is 0.694. The van der Waals surface area contributed by atoms with Crippen molar-refractivity contribution >= 4 is 39.4 Å². The molecule has 3 fully saturated rings. The van der Waals surface area contributed by atoms with E-state index in [1.54, 1.807) is 12.1 Å². The van der Waals surface area contributed by atoms with Crippen molar-refractivity contribution in [1.29, 1.82) is 0 Å². The van der Waals surface area contributed by atoms with E-state index in [-0.39, 0.29) is 41.7 Å². The molecule has 13 nitrogen and oxygen atoms in total. The summed E-state index contributed by atoms with van der Waals surface area (Å²) in [6, 6.07) is -0.451. The van der Waals surface area contributed by atoms with E-state index in [1.165, 1.54) is 17.2 Å². The number of hydrogen-bond donors (Lipinski definition) is 4. The fourth-order valence-electron chi connectivity index (χ4n) is 7.88. The minimum atomic E-state index is -3.66. The summed E-state index contributed by atoms with van der Waals surface area (Å²) in [5.74, 6) is -2.89. The second kappa shape index (κ2) is 15.3. The van der Waals surface area contributed by atoms with Gasteiger partial charge in [0.2, 0.25) is 17.6 Å². The Balaban J connectivity index is 1.53. The first kappa shape index (κ1) is 39.1. The molecule has 3 aliphatic rings. The molecule has 2 aliphatic carbocycles. The molecule has 5 atom stereocenters. The molecule has 2 heterocycles. The van der Waals surface area contributed by atoms with Crippen molar-refractivity contribution in [2.45, 2.75) is 116 Å². The molecule has 1 aromatic rings. The summed E-state index contributed by atoms with van der Waals surface area (Å²) < 4.78 is 31.8. The number of Topliss-reactive ketones (excluding diaryl/α,β-unsaturated/α-hetero) is 1. The molecule has 4 N–H and O–H groups in total. The Kier molecular flexibility index (Phi) is 12.0. The molecule has 50 heavy (non-hydrogen) atoms. The average Bonchev–Trinajstić information content (AvgIpc) is 3.44. The third kappa shape index (κ3) is 8.96. The Morgan fingerprint density at radius 1 is 1.10 bits per heavy atom. The van der Waals surface area contributed by atoms with Gasteiger partial charge in [0.1, 0.15) is 23.6 Å². The van der Waals surface area contributed by atoms with Gasteiger partial charge in [-0.25, -0.2) is 13.2 Å². The van der Waals surface area contributed by atoms with Gasteiger partial charge in [0, 0.05) is 13.1 Å². The number of furan rings is 1. The average molecular weight is 718 g/mol. The van der Waals surface area contributed by atoms with Gasteiger partial charge in [-0.2, -0.15) is 0 Å². The van der Waals surface area contributed by atoms with Crippen molar-refractivity contribution < 1.29 is 36.8 Å². The van der Waals surface area contributed by atoms with E-state index in [4.69, 9.17) is 4.42 Å². The SMILES string of the molecule is C=CCNC(=O)C(=O)C(CCC)NC(=O)[C@@H]1[C@@H]2[C@H](CN1C(=O)[C@@H](NC(=O)NC1(CS(=O)(=O)Cc3ccco3)CCCCC1)C(C)(C)C)C2(C)C. The first-order valence-electron chi connectivity index (χ1n) is 17.7. The summed E-state index contributed by atoms with van der Waals surface area (Å²) >= 11 is 0. The van der Waals surface area contributed by atoms with Crippen LogP contribution in [0.3, 0.4) is 0 Å².